The van der Waals surface area contributed by atoms with Gasteiger partial charge in [0.25, 0.3) is 0 Å². The van der Waals surface area contributed by atoms with E-state index in [2.05, 4.69) is 40.2 Å². The van der Waals surface area contributed by atoms with Crippen LogP contribution >= 0.6 is 15.9 Å². The van der Waals surface area contributed by atoms with Crippen LogP contribution < -0.4 is 10.1 Å². The quantitative estimate of drug-likeness (QED) is 0.789. The Hall–Kier alpha value is -0.980. The number of benzene rings is 1. The SMILES string of the molecule is C#CCOc1ccc(Br)cc1CNCC1(C)CCCC1. The van der Waals surface area contributed by atoms with Gasteiger partial charge in [0.05, 0.1) is 0 Å². The number of terminal acetylenes is 1. The van der Waals surface area contributed by atoms with Crippen molar-refractivity contribution in [2.24, 2.45) is 5.41 Å². The zero-order valence-corrected chi connectivity index (χ0v) is 13.6. The van der Waals surface area contributed by atoms with E-state index in [1.807, 2.05) is 12.1 Å². The number of halogens is 1. The van der Waals surface area contributed by atoms with E-state index in [9.17, 15) is 0 Å². The normalized spacial score (nSPS) is 16.9. The molecular weight excluding hydrogens is 314 g/mol. The first kappa shape index (κ1) is 15.4. The summed E-state index contributed by atoms with van der Waals surface area (Å²) in [7, 11) is 0. The van der Waals surface area contributed by atoms with Gasteiger partial charge in [0, 0.05) is 23.1 Å². The Morgan fingerprint density at radius 3 is 2.85 bits per heavy atom. The maximum absolute atomic E-state index is 5.59. The molecule has 0 aliphatic heterocycles. The maximum Gasteiger partial charge on any atom is 0.148 e. The van der Waals surface area contributed by atoms with Gasteiger partial charge in [-0.3, -0.25) is 0 Å². The molecule has 2 rings (SSSR count). The van der Waals surface area contributed by atoms with Crippen molar-refractivity contribution >= 4 is 15.9 Å². The van der Waals surface area contributed by atoms with Crippen LogP contribution in [0.1, 0.15) is 38.2 Å². The Morgan fingerprint density at radius 2 is 2.15 bits per heavy atom. The molecule has 0 amide bonds. The van der Waals surface area contributed by atoms with Crippen molar-refractivity contribution in [1.29, 1.82) is 0 Å². The van der Waals surface area contributed by atoms with Crippen molar-refractivity contribution in [2.75, 3.05) is 13.2 Å². The first-order valence-corrected chi connectivity index (χ1v) is 7.98. The molecule has 0 unspecified atom stereocenters. The summed E-state index contributed by atoms with van der Waals surface area (Å²) < 4.78 is 6.66. The number of rotatable bonds is 6. The lowest BCUT2D eigenvalue weighted by molar-refractivity contribution is 0.312. The van der Waals surface area contributed by atoms with E-state index in [0.717, 1.165) is 28.9 Å². The van der Waals surface area contributed by atoms with Crippen LogP contribution in [0.4, 0.5) is 0 Å². The summed E-state index contributed by atoms with van der Waals surface area (Å²) in [4.78, 5) is 0. The molecule has 0 bridgehead atoms. The molecule has 0 atom stereocenters. The van der Waals surface area contributed by atoms with Crippen LogP contribution in [0, 0.1) is 17.8 Å². The molecule has 0 aromatic heterocycles. The second-order valence-corrected chi connectivity index (χ2v) is 6.78. The molecule has 2 nitrogen and oxygen atoms in total. The molecular formula is C17H22BrNO. The minimum atomic E-state index is 0.312. The summed E-state index contributed by atoms with van der Waals surface area (Å²) in [5.41, 5.74) is 1.61. The Morgan fingerprint density at radius 1 is 1.40 bits per heavy atom. The average molecular weight is 336 g/mol. The van der Waals surface area contributed by atoms with Crippen molar-refractivity contribution in [2.45, 2.75) is 39.2 Å². The topological polar surface area (TPSA) is 21.3 Å². The number of nitrogens with one attached hydrogen (secondary N) is 1. The van der Waals surface area contributed by atoms with Crippen LogP contribution in [0.2, 0.25) is 0 Å². The molecule has 1 aromatic rings. The molecule has 20 heavy (non-hydrogen) atoms. The summed E-state index contributed by atoms with van der Waals surface area (Å²) in [5, 5.41) is 3.58. The third kappa shape index (κ3) is 4.26. The van der Waals surface area contributed by atoms with Gasteiger partial charge >= 0.3 is 0 Å². The Balaban J connectivity index is 1.93. The van der Waals surface area contributed by atoms with Crippen LogP contribution in [-0.4, -0.2) is 13.2 Å². The fraction of sp³-hybridized carbons (Fsp3) is 0.529. The molecule has 1 N–H and O–H groups in total. The number of hydrogen-bond donors (Lipinski definition) is 1. The molecule has 0 spiro atoms. The Labute approximate surface area is 130 Å². The van der Waals surface area contributed by atoms with Crippen molar-refractivity contribution < 1.29 is 4.74 Å². The van der Waals surface area contributed by atoms with E-state index in [-0.39, 0.29) is 0 Å². The van der Waals surface area contributed by atoms with Crippen molar-refractivity contribution in [3.8, 4) is 18.1 Å². The molecule has 1 aromatic carbocycles. The second-order valence-electron chi connectivity index (χ2n) is 5.87. The maximum atomic E-state index is 5.59. The van der Waals surface area contributed by atoms with Gasteiger partial charge in [-0.1, -0.05) is 41.6 Å². The summed E-state index contributed by atoms with van der Waals surface area (Å²) in [6.45, 7) is 4.57. The summed E-state index contributed by atoms with van der Waals surface area (Å²) in [6, 6.07) is 6.04. The minimum absolute atomic E-state index is 0.312. The highest BCUT2D eigenvalue weighted by Gasteiger charge is 2.27. The van der Waals surface area contributed by atoms with Gasteiger partial charge in [-0.25, -0.2) is 0 Å². The highest BCUT2D eigenvalue weighted by molar-refractivity contribution is 9.10. The molecule has 3 heteroatoms. The van der Waals surface area contributed by atoms with Crippen molar-refractivity contribution in [1.82, 2.24) is 5.32 Å². The second kappa shape index (κ2) is 7.15. The lowest BCUT2D eigenvalue weighted by atomic mass is 9.89. The minimum Gasteiger partial charge on any atom is -0.481 e. The Bertz CT molecular complexity index is 486. The molecule has 1 fully saturated rings. The molecule has 108 valence electrons. The van der Waals surface area contributed by atoms with Gasteiger partial charge < -0.3 is 10.1 Å². The third-order valence-electron chi connectivity index (χ3n) is 4.01. The molecule has 1 aliphatic carbocycles. The van der Waals surface area contributed by atoms with Crippen LogP contribution in [0.25, 0.3) is 0 Å². The monoisotopic (exact) mass is 335 g/mol. The molecule has 0 heterocycles. The van der Waals surface area contributed by atoms with Gasteiger partial charge in [0.15, 0.2) is 0 Å². The van der Waals surface area contributed by atoms with Crippen molar-refractivity contribution in [3.63, 3.8) is 0 Å². The Kier molecular flexibility index (Phi) is 5.51. The number of hydrogen-bond acceptors (Lipinski definition) is 2. The summed E-state index contributed by atoms with van der Waals surface area (Å²) in [6.07, 6.45) is 10.7. The smallest absolute Gasteiger partial charge is 0.148 e. The standard InChI is InChI=1S/C17H22BrNO/c1-3-10-20-16-7-6-15(18)11-14(16)12-19-13-17(2)8-4-5-9-17/h1,6-7,11,19H,4-5,8-10,12-13H2,2H3. The lowest BCUT2D eigenvalue weighted by Crippen LogP contribution is -2.29. The fourth-order valence-corrected chi connectivity index (χ4v) is 3.26. The van der Waals surface area contributed by atoms with E-state index in [1.165, 1.54) is 25.7 Å². The molecule has 1 saturated carbocycles. The van der Waals surface area contributed by atoms with Gasteiger partial charge in [0.1, 0.15) is 12.4 Å². The zero-order valence-electron chi connectivity index (χ0n) is 12.0. The van der Waals surface area contributed by atoms with E-state index in [0.29, 0.717) is 12.0 Å². The van der Waals surface area contributed by atoms with E-state index in [4.69, 9.17) is 11.2 Å². The molecule has 0 saturated heterocycles. The summed E-state index contributed by atoms with van der Waals surface area (Å²) in [5.74, 6) is 3.38. The predicted octanol–water partition coefficient (Wildman–Crippen LogP) is 4.13. The molecule has 0 radical (unpaired) electrons. The predicted molar refractivity (Wildman–Crippen MR) is 86.8 cm³/mol. The van der Waals surface area contributed by atoms with Crippen molar-refractivity contribution in [3.05, 3.63) is 28.2 Å². The van der Waals surface area contributed by atoms with Gasteiger partial charge in [-0.05, 0) is 36.5 Å². The van der Waals surface area contributed by atoms with Gasteiger partial charge in [-0.15, -0.1) is 6.42 Å². The van der Waals surface area contributed by atoms with Crippen LogP contribution in [-0.2, 0) is 6.54 Å². The summed E-state index contributed by atoms with van der Waals surface area (Å²) >= 11 is 3.51. The van der Waals surface area contributed by atoms with E-state index in [1.54, 1.807) is 0 Å². The first-order chi connectivity index (χ1) is 9.63. The van der Waals surface area contributed by atoms with Gasteiger partial charge in [0.2, 0.25) is 0 Å². The fourth-order valence-electron chi connectivity index (χ4n) is 2.85. The molecule has 1 aliphatic rings. The van der Waals surface area contributed by atoms with Crippen LogP contribution in [0.15, 0.2) is 22.7 Å². The first-order valence-electron chi connectivity index (χ1n) is 7.18. The highest BCUT2D eigenvalue weighted by atomic mass is 79.9. The highest BCUT2D eigenvalue weighted by Crippen LogP contribution is 2.36. The van der Waals surface area contributed by atoms with Crippen LogP contribution in [0.5, 0.6) is 5.75 Å². The van der Waals surface area contributed by atoms with Crippen LogP contribution in [0.3, 0.4) is 0 Å². The number of ether oxygens (including phenoxy) is 1. The average Bonchev–Trinajstić information content (AvgIpc) is 2.85. The van der Waals surface area contributed by atoms with E-state index >= 15 is 0 Å². The zero-order chi connectivity index (χ0) is 14.4. The van der Waals surface area contributed by atoms with Gasteiger partial charge in [-0.2, -0.15) is 0 Å². The largest absolute Gasteiger partial charge is 0.481 e. The third-order valence-corrected chi connectivity index (χ3v) is 4.50. The lowest BCUT2D eigenvalue weighted by Gasteiger charge is -2.24. The van der Waals surface area contributed by atoms with E-state index < -0.39 is 0 Å².